The van der Waals surface area contributed by atoms with E-state index >= 15 is 0 Å². The lowest BCUT2D eigenvalue weighted by atomic mass is 9.92. The number of hydrogen-bond donors (Lipinski definition) is 1. The Morgan fingerprint density at radius 2 is 1.71 bits per heavy atom. The number of aromatic nitrogens is 5. The number of rotatable bonds is 4. The van der Waals surface area contributed by atoms with Crippen LogP contribution in [0.15, 0.2) is 78.5 Å². The molecular formula is C28H25N5O2. The van der Waals surface area contributed by atoms with Crippen molar-refractivity contribution in [1.82, 2.24) is 24.5 Å². The van der Waals surface area contributed by atoms with Crippen LogP contribution in [0.3, 0.4) is 0 Å². The van der Waals surface area contributed by atoms with Crippen LogP contribution in [0.4, 0.5) is 0 Å². The van der Waals surface area contributed by atoms with Crippen molar-refractivity contribution in [2.24, 2.45) is 0 Å². The summed E-state index contributed by atoms with van der Waals surface area (Å²) >= 11 is 0. The molecule has 7 nitrogen and oxygen atoms in total. The number of aliphatic hydroxyl groups excluding tert-OH is 1. The van der Waals surface area contributed by atoms with E-state index in [9.17, 15) is 9.90 Å². The highest BCUT2D eigenvalue weighted by Gasteiger charge is 2.26. The van der Waals surface area contributed by atoms with E-state index in [1.807, 2.05) is 42.6 Å². The van der Waals surface area contributed by atoms with Gasteiger partial charge in [-0.25, -0.2) is 15.0 Å². The maximum Gasteiger partial charge on any atom is 0.261 e. The van der Waals surface area contributed by atoms with Crippen molar-refractivity contribution in [3.8, 4) is 11.3 Å². The smallest absolute Gasteiger partial charge is 0.261 e. The van der Waals surface area contributed by atoms with E-state index in [0.29, 0.717) is 17.3 Å². The Labute approximate surface area is 202 Å². The molecular weight excluding hydrogens is 438 g/mol. The minimum atomic E-state index is -0.514. The molecule has 1 fully saturated rings. The van der Waals surface area contributed by atoms with Gasteiger partial charge in [0, 0.05) is 29.5 Å². The van der Waals surface area contributed by atoms with Crippen LogP contribution >= 0.6 is 0 Å². The molecule has 0 radical (unpaired) electrons. The van der Waals surface area contributed by atoms with Crippen molar-refractivity contribution >= 4 is 21.7 Å². The number of nitrogens with zero attached hydrogens (tertiary/aromatic N) is 5. The van der Waals surface area contributed by atoms with E-state index in [-0.39, 0.29) is 11.6 Å². The van der Waals surface area contributed by atoms with Crippen LogP contribution in [0.5, 0.6) is 0 Å². The summed E-state index contributed by atoms with van der Waals surface area (Å²) in [7, 11) is 0. The zero-order valence-electron chi connectivity index (χ0n) is 19.2. The van der Waals surface area contributed by atoms with Gasteiger partial charge < -0.3 is 5.11 Å². The van der Waals surface area contributed by atoms with Crippen LogP contribution in [0.1, 0.15) is 42.9 Å². The first-order valence-electron chi connectivity index (χ1n) is 12.0. The first-order chi connectivity index (χ1) is 17.2. The third-order valence-corrected chi connectivity index (χ3v) is 7.00. The summed E-state index contributed by atoms with van der Waals surface area (Å²) in [5, 5.41) is 13.2. The molecule has 0 unspecified atom stereocenters. The standard InChI is InChI=1S/C28H25N5O2/c34-26-8-4-3-7-25(26)33-17-32-27-22-6-2-1-5-21(22)19(12-23(27)28(33)35)11-18-9-10-24(31-13-18)20-14-29-16-30-15-20/h1-2,5-6,9-10,12-17,25-26,34H,3-4,7-8,11H2/t25-,26-/m0/s1. The highest BCUT2D eigenvalue weighted by Crippen LogP contribution is 2.30. The topological polar surface area (TPSA) is 93.8 Å². The van der Waals surface area contributed by atoms with Crippen molar-refractivity contribution in [1.29, 1.82) is 0 Å². The fourth-order valence-corrected chi connectivity index (χ4v) is 5.20. The normalized spacial score (nSPS) is 18.2. The van der Waals surface area contributed by atoms with Crippen molar-refractivity contribution in [3.05, 3.63) is 95.2 Å². The molecule has 3 heterocycles. The lowest BCUT2D eigenvalue weighted by molar-refractivity contribution is 0.0735. The van der Waals surface area contributed by atoms with E-state index in [4.69, 9.17) is 4.98 Å². The predicted molar refractivity (Wildman–Crippen MR) is 135 cm³/mol. The highest BCUT2D eigenvalue weighted by atomic mass is 16.3. The molecule has 0 amide bonds. The first kappa shape index (κ1) is 21.6. The summed E-state index contributed by atoms with van der Waals surface area (Å²) in [5.41, 5.74) is 4.38. The van der Waals surface area contributed by atoms with Crippen LogP contribution in [0.25, 0.3) is 32.9 Å². The molecule has 5 aromatic rings. The maximum atomic E-state index is 13.6. The Balaban J connectivity index is 1.44. The van der Waals surface area contributed by atoms with Gasteiger partial charge >= 0.3 is 0 Å². The number of fused-ring (bicyclic) bond motifs is 3. The van der Waals surface area contributed by atoms with Crippen LogP contribution in [0, 0.1) is 0 Å². The number of hydrogen-bond acceptors (Lipinski definition) is 6. The summed E-state index contributed by atoms with van der Waals surface area (Å²) in [6, 6.07) is 13.8. The molecule has 0 aliphatic heterocycles. The van der Waals surface area contributed by atoms with Gasteiger partial charge in [-0.05, 0) is 47.9 Å². The van der Waals surface area contributed by atoms with Crippen LogP contribution in [-0.4, -0.2) is 35.7 Å². The van der Waals surface area contributed by atoms with Crippen molar-refractivity contribution < 1.29 is 5.11 Å². The average Bonchev–Trinajstić information content (AvgIpc) is 2.91. The number of pyridine rings is 1. The molecule has 1 aliphatic carbocycles. The Hall–Kier alpha value is -3.97. The Kier molecular flexibility index (Phi) is 5.54. The van der Waals surface area contributed by atoms with Crippen molar-refractivity contribution in [2.45, 2.75) is 44.2 Å². The third kappa shape index (κ3) is 3.98. The zero-order chi connectivity index (χ0) is 23.8. The molecule has 0 spiro atoms. The molecule has 0 saturated heterocycles. The molecule has 174 valence electrons. The average molecular weight is 464 g/mol. The van der Waals surface area contributed by atoms with E-state index in [0.717, 1.165) is 58.8 Å². The Bertz CT molecular complexity index is 1560. The second kappa shape index (κ2) is 9.00. The summed E-state index contributed by atoms with van der Waals surface area (Å²) in [4.78, 5) is 31.0. The fraction of sp³-hybridized carbons (Fsp3) is 0.250. The molecule has 2 aromatic carbocycles. The fourth-order valence-electron chi connectivity index (χ4n) is 5.20. The minimum Gasteiger partial charge on any atom is -0.391 e. The van der Waals surface area contributed by atoms with Crippen molar-refractivity contribution in [2.75, 3.05) is 0 Å². The predicted octanol–water partition coefficient (Wildman–Crippen LogP) is 4.47. The molecule has 1 N–H and O–H groups in total. The van der Waals surface area contributed by atoms with Gasteiger partial charge in [-0.2, -0.15) is 0 Å². The molecule has 0 bridgehead atoms. The SMILES string of the molecule is O=c1c2cc(Cc3ccc(-c4cncnc4)nc3)c3ccccc3c2ncn1[C@H]1CCCC[C@@H]1O. The Morgan fingerprint density at radius 1 is 0.914 bits per heavy atom. The van der Waals surface area contributed by atoms with Crippen molar-refractivity contribution in [3.63, 3.8) is 0 Å². The molecule has 7 heteroatoms. The molecule has 35 heavy (non-hydrogen) atoms. The molecule has 2 atom stereocenters. The summed E-state index contributed by atoms with van der Waals surface area (Å²) in [6.07, 6.45) is 12.1. The van der Waals surface area contributed by atoms with Gasteiger partial charge in [0.1, 0.15) is 6.33 Å². The van der Waals surface area contributed by atoms with E-state index in [1.54, 1.807) is 23.3 Å². The van der Waals surface area contributed by atoms with Gasteiger partial charge in [-0.3, -0.25) is 14.3 Å². The van der Waals surface area contributed by atoms with E-state index < -0.39 is 6.10 Å². The second-order valence-corrected chi connectivity index (χ2v) is 9.21. The van der Waals surface area contributed by atoms with Gasteiger partial charge in [-0.1, -0.05) is 43.2 Å². The van der Waals surface area contributed by atoms with Gasteiger partial charge in [0.05, 0.1) is 35.1 Å². The Morgan fingerprint density at radius 3 is 2.49 bits per heavy atom. The third-order valence-electron chi connectivity index (χ3n) is 7.00. The van der Waals surface area contributed by atoms with E-state index in [1.165, 1.54) is 6.33 Å². The van der Waals surface area contributed by atoms with Gasteiger partial charge in [0.15, 0.2) is 0 Å². The second-order valence-electron chi connectivity index (χ2n) is 9.21. The molecule has 1 aliphatic rings. The quantitative estimate of drug-likeness (QED) is 0.395. The summed E-state index contributed by atoms with van der Waals surface area (Å²) < 4.78 is 1.64. The molecule has 6 rings (SSSR count). The highest BCUT2D eigenvalue weighted by molar-refractivity contribution is 6.06. The largest absolute Gasteiger partial charge is 0.391 e. The van der Waals surface area contributed by atoms with Crippen LogP contribution in [0.2, 0.25) is 0 Å². The summed E-state index contributed by atoms with van der Waals surface area (Å²) in [5.74, 6) is 0. The zero-order valence-corrected chi connectivity index (χ0v) is 19.2. The lowest BCUT2D eigenvalue weighted by Crippen LogP contribution is -2.34. The first-order valence-corrected chi connectivity index (χ1v) is 12.0. The van der Waals surface area contributed by atoms with Crippen LogP contribution < -0.4 is 5.56 Å². The molecule has 1 saturated carbocycles. The lowest BCUT2D eigenvalue weighted by Gasteiger charge is -2.29. The monoisotopic (exact) mass is 463 g/mol. The minimum absolute atomic E-state index is 0.0921. The number of benzene rings is 2. The van der Waals surface area contributed by atoms with E-state index in [2.05, 4.69) is 21.0 Å². The van der Waals surface area contributed by atoms with Gasteiger partial charge in [0.25, 0.3) is 5.56 Å². The maximum absolute atomic E-state index is 13.6. The van der Waals surface area contributed by atoms with Gasteiger partial charge in [0.2, 0.25) is 0 Å². The van der Waals surface area contributed by atoms with Gasteiger partial charge in [-0.15, -0.1) is 0 Å². The molecule has 3 aromatic heterocycles. The van der Waals surface area contributed by atoms with Crippen LogP contribution in [-0.2, 0) is 6.42 Å². The number of aliphatic hydroxyl groups is 1. The summed E-state index contributed by atoms with van der Waals surface area (Å²) in [6.45, 7) is 0.